The van der Waals surface area contributed by atoms with Crippen molar-refractivity contribution in [3.05, 3.63) is 52.9 Å². The molecule has 0 atom stereocenters. The Balaban J connectivity index is 1.81. The Hall–Kier alpha value is -2.84. The summed E-state index contributed by atoms with van der Waals surface area (Å²) in [5.74, 6) is 0.224. The molecule has 0 spiro atoms. The molecular formula is C22H21NO5S2. The van der Waals surface area contributed by atoms with Gasteiger partial charge in [0.05, 0.1) is 19.1 Å². The van der Waals surface area contributed by atoms with Gasteiger partial charge in [0.25, 0.3) is 5.91 Å². The van der Waals surface area contributed by atoms with E-state index in [1.165, 1.54) is 16.7 Å². The van der Waals surface area contributed by atoms with Gasteiger partial charge in [0.15, 0.2) is 11.5 Å². The summed E-state index contributed by atoms with van der Waals surface area (Å²) in [7, 11) is 3.19. The van der Waals surface area contributed by atoms with Crippen LogP contribution in [0.3, 0.4) is 0 Å². The molecule has 3 rings (SSSR count). The Labute approximate surface area is 184 Å². The van der Waals surface area contributed by atoms with Crippen molar-refractivity contribution in [3.63, 3.8) is 0 Å². The normalized spacial score (nSPS) is 15.0. The predicted molar refractivity (Wildman–Crippen MR) is 122 cm³/mol. The summed E-state index contributed by atoms with van der Waals surface area (Å²) in [6, 6.07) is 13.5. The van der Waals surface area contributed by atoms with E-state index < -0.39 is 5.97 Å². The van der Waals surface area contributed by atoms with Crippen molar-refractivity contribution in [3.8, 4) is 22.6 Å². The number of nitrogens with zero attached hydrogens (tertiary/aromatic N) is 1. The maximum atomic E-state index is 12.7. The highest BCUT2D eigenvalue weighted by Crippen LogP contribution is 2.35. The highest BCUT2D eigenvalue weighted by Gasteiger charge is 2.31. The molecule has 0 bridgehead atoms. The van der Waals surface area contributed by atoms with Crippen molar-refractivity contribution in [2.75, 3.05) is 20.8 Å². The molecule has 6 nitrogen and oxygen atoms in total. The first-order chi connectivity index (χ1) is 14.4. The van der Waals surface area contributed by atoms with Gasteiger partial charge < -0.3 is 14.6 Å². The van der Waals surface area contributed by atoms with E-state index in [9.17, 15) is 9.59 Å². The first kappa shape index (κ1) is 21.9. The van der Waals surface area contributed by atoms with E-state index in [1.54, 1.807) is 20.3 Å². The summed E-state index contributed by atoms with van der Waals surface area (Å²) in [6.45, 7) is 0.306. The lowest BCUT2D eigenvalue weighted by atomic mass is 10.0. The van der Waals surface area contributed by atoms with E-state index in [4.69, 9.17) is 26.8 Å². The van der Waals surface area contributed by atoms with Crippen LogP contribution in [0.2, 0.25) is 0 Å². The average Bonchev–Trinajstić information content (AvgIpc) is 3.00. The summed E-state index contributed by atoms with van der Waals surface area (Å²) in [4.78, 5) is 25.4. The number of thioether (sulfide) groups is 1. The Morgan fingerprint density at radius 3 is 2.57 bits per heavy atom. The minimum Gasteiger partial charge on any atom is -0.493 e. The molecule has 1 heterocycles. The summed E-state index contributed by atoms with van der Waals surface area (Å²) < 4.78 is 11.1. The van der Waals surface area contributed by atoms with Crippen LogP contribution >= 0.6 is 24.0 Å². The van der Waals surface area contributed by atoms with Gasteiger partial charge >= 0.3 is 5.97 Å². The smallest absolute Gasteiger partial charge is 0.303 e. The molecule has 1 N–H and O–H groups in total. The molecule has 1 aliphatic heterocycles. The molecule has 2 aromatic rings. The third-order valence-electron chi connectivity index (χ3n) is 4.55. The van der Waals surface area contributed by atoms with E-state index in [1.807, 2.05) is 42.5 Å². The van der Waals surface area contributed by atoms with Gasteiger partial charge in [-0.15, -0.1) is 0 Å². The van der Waals surface area contributed by atoms with Crippen molar-refractivity contribution in [2.24, 2.45) is 0 Å². The number of rotatable bonds is 8. The number of benzene rings is 2. The van der Waals surface area contributed by atoms with Crippen LogP contribution in [0.1, 0.15) is 18.4 Å². The number of ether oxygens (including phenoxy) is 2. The molecule has 8 heteroatoms. The van der Waals surface area contributed by atoms with Gasteiger partial charge in [-0.05, 0) is 47.4 Å². The van der Waals surface area contributed by atoms with Crippen molar-refractivity contribution < 1.29 is 24.2 Å². The van der Waals surface area contributed by atoms with Gasteiger partial charge in [-0.1, -0.05) is 48.2 Å². The fraction of sp³-hybridized carbons (Fsp3) is 0.227. The van der Waals surface area contributed by atoms with Crippen LogP contribution < -0.4 is 9.47 Å². The van der Waals surface area contributed by atoms with Crippen molar-refractivity contribution in [1.82, 2.24) is 4.90 Å². The molecule has 2 aromatic carbocycles. The maximum Gasteiger partial charge on any atom is 0.303 e. The number of thiocarbonyl (C=S) groups is 1. The number of carboxylic acids is 1. The van der Waals surface area contributed by atoms with Gasteiger partial charge in [-0.3, -0.25) is 14.5 Å². The van der Waals surface area contributed by atoms with E-state index in [-0.39, 0.29) is 12.3 Å². The van der Waals surface area contributed by atoms with Crippen LogP contribution in [0.25, 0.3) is 17.2 Å². The zero-order valence-electron chi connectivity index (χ0n) is 16.6. The number of carboxylic acid groups (broad SMARTS) is 1. The van der Waals surface area contributed by atoms with Gasteiger partial charge in [0.1, 0.15) is 4.32 Å². The molecule has 1 amide bonds. The number of carbonyl (C=O) groups is 2. The van der Waals surface area contributed by atoms with Crippen molar-refractivity contribution >= 4 is 46.3 Å². The fourth-order valence-electron chi connectivity index (χ4n) is 3.06. The molecule has 30 heavy (non-hydrogen) atoms. The van der Waals surface area contributed by atoms with Crippen LogP contribution in [-0.2, 0) is 9.59 Å². The first-order valence-corrected chi connectivity index (χ1v) is 10.4. The van der Waals surface area contributed by atoms with Crippen LogP contribution in [0.5, 0.6) is 11.5 Å². The van der Waals surface area contributed by atoms with Crippen LogP contribution in [0, 0.1) is 0 Å². The quantitative estimate of drug-likeness (QED) is 0.478. The van der Waals surface area contributed by atoms with E-state index in [0.29, 0.717) is 33.7 Å². The molecule has 0 saturated carbocycles. The monoisotopic (exact) mass is 443 g/mol. The van der Waals surface area contributed by atoms with Gasteiger partial charge in [-0.25, -0.2) is 0 Å². The molecule has 0 aliphatic carbocycles. The molecule has 0 aromatic heterocycles. The molecule has 1 aliphatic rings. The third kappa shape index (κ3) is 5.01. The highest BCUT2D eigenvalue weighted by atomic mass is 32.2. The second kappa shape index (κ2) is 9.77. The number of hydrogen-bond acceptors (Lipinski definition) is 6. The average molecular weight is 444 g/mol. The SMILES string of the molecule is COc1ccc(-c2cccc(C=C3SC(=S)N(CCCC(=O)O)C3=O)c2)cc1OC. The Bertz CT molecular complexity index is 1020. The summed E-state index contributed by atoms with van der Waals surface area (Å²) in [6.07, 6.45) is 2.17. The zero-order valence-corrected chi connectivity index (χ0v) is 18.2. The van der Waals surface area contributed by atoms with Gasteiger partial charge in [-0.2, -0.15) is 0 Å². The number of aliphatic carboxylic acids is 1. The third-order valence-corrected chi connectivity index (χ3v) is 5.92. The highest BCUT2D eigenvalue weighted by molar-refractivity contribution is 8.26. The first-order valence-electron chi connectivity index (χ1n) is 9.22. The number of methoxy groups -OCH3 is 2. The lowest BCUT2D eigenvalue weighted by Crippen LogP contribution is -2.29. The van der Waals surface area contributed by atoms with Crippen LogP contribution in [0.4, 0.5) is 0 Å². The lowest BCUT2D eigenvalue weighted by Gasteiger charge is -2.13. The Kier molecular flexibility index (Phi) is 7.12. The second-order valence-electron chi connectivity index (χ2n) is 6.53. The Morgan fingerprint density at radius 2 is 1.87 bits per heavy atom. The summed E-state index contributed by atoms with van der Waals surface area (Å²) >= 11 is 6.53. The van der Waals surface area contributed by atoms with Gasteiger partial charge in [0, 0.05) is 13.0 Å². The molecule has 1 fully saturated rings. The van der Waals surface area contributed by atoms with Crippen LogP contribution in [-0.4, -0.2) is 47.0 Å². The minimum absolute atomic E-state index is 0.00345. The largest absolute Gasteiger partial charge is 0.493 e. The maximum absolute atomic E-state index is 12.7. The number of hydrogen-bond donors (Lipinski definition) is 1. The molecule has 0 unspecified atom stereocenters. The predicted octanol–water partition coefficient (Wildman–Crippen LogP) is 4.44. The van der Waals surface area contributed by atoms with Crippen molar-refractivity contribution in [1.29, 1.82) is 0 Å². The molecule has 156 valence electrons. The standard InChI is InChI=1S/C22H21NO5S2/c1-27-17-9-8-16(13-18(17)28-2)15-6-3-5-14(11-15)12-19-21(26)23(22(29)30-19)10-4-7-20(24)25/h3,5-6,8-9,11-13H,4,7,10H2,1-2H3,(H,24,25). The topological polar surface area (TPSA) is 76.1 Å². The van der Waals surface area contributed by atoms with Crippen molar-refractivity contribution in [2.45, 2.75) is 12.8 Å². The zero-order chi connectivity index (χ0) is 21.7. The number of amides is 1. The second-order valence-corrected chi connectivity index (χ2v) is 8.20. The van der Waals surface area contributed by atoms with E-state index in [2.05, 4.69) is 0 Å². The Morgan fingerprint density at radius 1 is 1.13 bits per heavy atom. The lowest BCUT2D eigenvalue weighted by molar-refractivity contribution is -0.137. The minimum atomic E-state index is -0.886. The number of carbonyl (C=O) groups excluding carboxylic acids is 1. The van der Waals surface area contributed by atoms with E-state index >= 15 is 0 Å². The fourth-order valence-corrected chi connectivity index (χ4v) is 4.36. The molecule has 1 saturated heterocycles. The van der Waals surface area contributed by atoms with E-state index in [0.717, 1.165) is 16.7 Å². The van der Waals surface area contributed by atoms with Crippen LogP contribution in [0.15, 0.2) is 47.4 Å². The summed E-state index contributed by atoms with van der Waals surface area (Å²) in [5, 5.41) is 8.78. The summed E-state index contributed by atoms with van der Waals surface area (Å²) in [5.41, 5.74) is 2.80. The molecular weight excluding hydrogens is 422 g/mol. The van der Waals surface area contributed by atoms with Gasteiger partial charge in [0.2, 0.25) is 0 Å². The molecule has 0 radical (unpaired) electrons.